The van der Waals surface area contributed by atoms with Crippen LogP contribution in [0.2, 0.25) is 0 Å². The van der Waals surface area contributed by atoms with Gasteiger partial charge in [-0.2, -0.15) is 0 Å². The predicted molar refractivity (Wildman–Crippen MR) is 66.5 cm³/mol. The summed E-state index contributed by atoms with van der Waals surface area (Å²) in [6.07, 6.45) is 2.90. The number of ether oxygens (including phenoxy) is 1. The third kappa shape index (κ3) is 5.11. The predicted octanol–water partition coefficient (Wildman–Crippen LogP) is 2.53. The number of hydrogen-bond acceptors (Lipinski definition) is 3. The Bertz CT molecular complexity index is 416. The van der Waals surface area contributed by atoms with E-state index >= 15 is 0 Å². The van der Waals surface area contributed by atoms with Crippen LogP contribution >= 0.6 is 0 Å². The molecule has 0 aliphatic carbocycles. The summed E-state index contributed by atoms with van der Waals surface area (Å²) < 4.78 is 4.69. The number of carbonyl (C=O) groups excluding carboxylic acids is 2. The lowest BCUT2D eigenvalue weighted by atomic mass is 10.1. The molecule has 0 saturated carbocycles. The highest BCUT2D eigenvalue weighted by Crippen LogP contribution is 2.05. The van der Waals surface area contributed by atoms with E-state index in [4.69, 9.17) is 0 Å². The maximum Gasteiger partial charge on any atom is 0.313 e. The zero-order valence-corrected chi connectivity index (χ0v) is 10.1. The first-order valence-electron chi connectivity index (χ1n) is 5.55. The Balaban J connectivity index is 2.50. The average Bonchev–Trinajstić information content (AvgIpc) is 2.28. The fourth-order valence-corrected chi connectivity index (χ4v) is 1.28. The van der Waals surface area contributed by atoms with E-state index in [0.717, 1.165) is 5.56 Å². The Labute approximate surface area is 101 Å². The van der Waals surface area contributed by atoms with Gasteiger partial charge in [0, 0.05) is 0 Å². The summed E-state index contributed by atoms with van der Waals surface area (Å²) in [7, 11) is 0. The Kier molecular flexibility index (Phi) is 5.14. The highest BCUT2D eigenvalue weighted by Gasteiger charge is 2.06. The fourth-order valence-electron chi connectivity index (χ4n) is 1.28. The summed E-state index contributed by atoms with van der Waals surface area (Å²) in [6.45, 7) is 4.01. The SMILES string of the molecule is CCOC(=O)CC(=O)/C=C/c1ccc(C)cc1. The first-order valence-corrected chi connectivity index (χ1v) is 5.55. The van der Waals surface area contributed by atoms with Gasteiger partial charge in [0.1, 0.15) is 6.42 Å². The smallest absolute Gasteiger partial charge is 0.313 e. The summed E-state index contributed by atoms with van der Waals surface area (Å²) in [5.41, 5.74) is 2.10. The van der Waals surface area contributed by atoms with E-state index in [-0.39, 0.29) is 12.2 Å². The fraction of sp³-hybridized carbons (Fsp3) is 0.286. The monoisotopic (exact) mass is 232 g/mol. The lowest BCUT2D eigenvalue weighted by Gasteiger charge is -1.98. The van der Waals surface area contributed by atoms with Crippen LogP contribution in [0.4, 0.5) is 0 Å². The number of aryl methyl sites for hydroxylation is 1. The van der Waals surface area contributed by atoms with Crippen LogP contribution in [0.25, 0.3) is 6.08 Å². The van der Waals surface area contributed by atoms with E-state index < -0.39 is 5.97 Å². The molecule has 17 heavy (non-hydrogen) atoms. The van der Waals surface area contributed by atoms with Gasteiger partial charge in [0.2, 0.25) is 0 Å². The van der Waals surface area contributed by atoms with Crippen LogP contribution in [0.1, 0.15) is 24.5 Å². The first-order chi connectivity index (χ1) is 8.11. The van der Waals surface area contributed by atoms with Gasteiger partial charge in [-0.3, -0.25) is 9.59 Å². The maximum atomic E-state index is 11.4. The molecule has 3 nitrogen and oxygen atoms in total. The lowest BCUT2D eigenvalue weighted by molar-refractivity contribution is -0.144. The number of esters is 1. The molecule has 0 aliphatic rings. The van der Waals surface area contributed by atoms with E-state index in [1.807, 2.05) is 31.2 Å². The third-order valence-corrected chi connectivity index (χ3v) is 2.16. The second-order valence-corrected chi connectivity index (χ2v) is 3.69. The molecule has 90 valence electrons. The molecule has 0 aromatic heterocycles. The summed E-state index contributed by atoms with van der Waals surface area (Å²) in [4.78, 5) is 22.4. The normalized spacial score (nSPS) is 10.5. The molecule has 0 radical (unpaired) electrons. The molecule has 0 atom stereocenters. The van der Waals surface area contributed by atoms with E-state index in [1.165, 1.54) is 11.6 Å². The van der Waals surface area contributed by atoms with Gasteiger partial charge in [-0.25, -0.2) is 0 Å². The zero-order chi connectivity index (χ0) is 12.7. The summed E-state index contributed by atoms with van der Waals surface area (Å²) in [5.74, 6) is -0.727. The quantitative estimate of drug-likeness (QED) is 0.445. The van der Waals surface area contributed by atoms with Crippen LogP contribution in [-0.4, -0.2) is 18.4 Å². The van der Waals surface area contributed by atoms with Gasteiger partial charge in [-0.05, 0) is 25.5 Å². The van der Waals surface area contributed by atoms with Crippen LogP contribution < -0.4 is 0 Å². The first kappa shape index (κ1) is 13.2. The molecule has 1 aromatic rings. The number of ketones is 1. The summed E-state index contributed by atoms with van der Waals surface area (Å²) >= 11 is 0. The second-order valence-electron chi connectivity index (χ2n) is 3.69. The molecule has 0 N–H and O–H groups in total. The molecule has 1 rings (SSSR count). The lowest BCUT2D eigenvalue weighted by Crippen LogP contribution is -2.08. The molecule has 0 aliphatic heterocycles. The molecular weight excluding hydrogens is 216 g/mol. The van der Waals surface area contributed by atoms with Crippen molar-refractivity contribution in [2.45, 2.75) is 20.3 Å². The molecule has 0 unspecified atom stereocenters. The molecule has 0 heterocycles. The molecule has 0 fully saturated rings. The van der Waals surface area contributed by atoms with Crippen molar-refractivity contribution in [3.05, 3.63) is 41.5 Å². The minimum absolute atomic E-state index is 0.198. The van der Waals surface area contributed by atoms with Crippen LogP contribution in [0, 0.1) is 6.92 Å². The van der Waals surface area contributed by atoms with E-state index in [0.29, 0.717) is 6.61 Å². The van der Waals surface area contributed by atoms with Crippen molar-refractivity contribution in [1.82, 2.24) is 0 Å². The summed E-state index contributed by atoms with van der Waals surface area (Å²) in [6, 6.07) is 7.78. The molecule has 0 amide bonds. The third-order valence-electron chi connectivity index (χ3n) is 2.16. The zero-order valence-electron chi connectivity index (χ0n) is 10.1. The van der Waals surface area contributed by atoms with E-state index in [1.54, 1.807) is 13.0 Å². The largest absolute Gasteiger partial charge is 0.466 e. The van der Waals surface area contributed by atoms with Crippen molar-refractivity contribution in [3.8, 4) is 0 Å². The molecule has 1 aromatic carbocycles. The van der Waals surface area contributed by atoms with Gasteiger partial charge < -0.3 is 4.74 Å². The van der Waals surface area contributed by atoms with Crippen LogP contribution in [0.5, 0.6) is 0 Å². The highest BCUT2D eigenvalue weighted by molar-refractivity contribution is 6.03. The minimum atomic E-state index is -0.481. The van der Waals surface area contributed by atoms with Crippen molar-refractivity contribution in [2.75, 3.05) is 6.61 Å². The molecule has 3 heteroatoms. The van der Waals surface area contributed by atoms with E-state index in [2.05, 4.69) is 4.74 Å². The molecular formula is C14H16O3. The Hall–Kier alpha value is -1.90. The van der Waals surface area contributed by atoms with Gasteiger partial charge in [0.15, 0.2) is 5.78 Å². The van der Waals surface area contributed by atoms with E-state index in [9.17, 15) is 9.59 Å². The van der Waals surface area contributed by atoms with Crippen molar-refractivity contribution in [1.29, 1.82) is 0 Å². The Morgan fingerprint density at radius 1 is 1.24 bits per heavy atom. The second kappa shape index (κ2) is 6.63. The number of rotatable bonds is 5. The molecule has 0 spiro atoms. The van der Waals surface area contributed by atoms with Gasteiger partial charge in [-0.15, -0.1) is 0 Å². The number of hydrogen-bond donors (Lipinski definition) is 0. The average molecular weight is 232 g/mol. The topological polar surface area (TPSA) is 43.4 Å². The van der Waals surface area contributed by atoms with Crippen LogP contribution in [0.3, 0.4) is 0 Å². The number of benzene rings is 1. The molecule has 0 bridgehead atoms. The standard InChI is InChI=1S/C14H16O3/c1-3-17-14(16)10-13(15)9-8-12-6-4-11(2)5-7-12/h4-9H,3,10H2,1-2H3/b9-8+. The van der Waals surface area contributed by atoms with Gasteiger partial charge in [0.25, 0.3) is 0 Å². The number of carbonyl (C=O) groups is 2. The van der Waals surface area contributed by atoms with Gasteiger partial charge >= 0.3 is 5.97 Å². The van der Waals surface area contributed by atoms with Crippen molar-refractivity contribution in [3.63, 3.8) is 0 Å². The highest BCUT2D eigenvalue weighted by atomic mass is 16.5. The Morgan fingerprint density at radius 3 is 2.47 bits per heavy atom. The number of allylic oxidation sites excluding steroid dienone is 1. The molecule has 0 saturated heterocycles. The van der Waals surface area contributed by atoms with Crippen molar-refractivity contribution >= 4 is 17.8 Å². The van der Waals surface area contributed by atoms with Crippen molar-refractivity contribution in [2.24, 2.45) is 0 Å². The van der Waals surface area contributed by atoms with Crippen LogP contribution in [0.15, 0.2) is 30.3 Å². The van der Waals surface area contributed by atoms with Gasteiger partial charge in [0.05, 0.1) is 6.61 Å². The van der Waals surface area contributed by atoms with Crippen LogP contribution in [-0.2, 0) is 14.3 Å². The minimum Gasteiger partial charge on any atom is -0.466 e. The van der Waals surface area contributed by atoms with Crippen molar-refractivity contribution < 1.29 is 14.3 Å². The maximum absolute atomic E-state index is 11.4. The Morgan fingerprint density at radius 2 is 1.88 bits per heavy atom. The van der Waals surface area contributed by atoms with Gasteiger partial charge in [-0.1, -0.05) is 35.9 Å². The summed E-state index contributed by atoms with van der Waals surface area (Å²) in [5, 5.41) is 0.